The van der Waals surface area contributed by atoms with Gasteiger partial charge in [-0.05, 0) is 89.7 Å². The summed E-state index contributed by atoms with van der Waals surface area (Å²) in [5.41, 5.74) is 1.26. The standard InChI is InChI=1S/C33H39Cl2N3O5/c1-21(2)43-23-10-13-26(34)25(20-23)24-11-14-28(31(39)37-33(32(40)41)15-6-5-7-16-33)36-30(24)22-9-12-27(35)29(19-22)42-18-8-17-38(3)4/h9-14,19-21H,5-8,15-18H2,1-4H3,(H,37,39)(H,40,41). The van der Waals surface area contributed by atoms with Gasteiger partial charge in [0.05, 0.1) is 23.4 Å². The predicted molar refractivity (Wildman–Crippen MR) is 170 cm³/mol. The summed E-state index contributed by atoms with van der Waals surface area (Å²) >= 11 is 13.2. The van der Waals surface area contributed by atoms with Gasteiger partial charge in [-0.2, -0.15) is 0 Å². The molecule has 1 amide bonds. The number of aliphatic carboxylic acids is 1. The van der Waals surface area contributed by atoms with Gasteiger partial charge >= 0.3 is 5.97 Å². The number of nitrogens with zero attached hydrogens (tertiary/aromatic N) is 2. The van der Waals surface area contributed by atoms with Gasteiger partial charge in [-0.25, -0.2) is 9.78 Å². The quantitative estimate of drug-likeness (QED) is 0.202. The summed E-state index contributed by atoms with van der Waals surface area (Å²) in [6, 6.07) is 14.1. The maximum atomic E-state index is 13.5. The lowest BCUT2D eigenvalue weighted by atomic mass is 9.81. The van der Waals surface area contributed by atoms with Crippen LogP contribution in [0.25, 0.3) is 22.4 Å². The van der Waals surface area contributed by atoms with E-state index in [4.69, 9.17) is 37.7 Å². The molecular formula is C33H39Cl2N3O5. The fraction of sp³-hybridized carbons (Fsp3) is 0.424. The van der Waals surface area contributed by atoms with Crippen molar-refractivity contribution in [3.8, 4) is 33.9 Å². The third-order valence-corrected chi connectivity index (χ3v) is 8.05. The van der Waals surface area contributed by atoms with E-state index in [9.17, 15) is 14.7 Å². The molecule has 2 aromatic carbocycles. The average Bonchev–Trinajstić information content (AvgIpc) is 2.97. The van der Waals surface area contributed by atoms with Crippen LogP contribution in [-0.4, -0.2) is 65.8 Å². The Morgan fingerprint density at radius 3 is 2.40 bits per heavy atom. The molecule has 0 unspecified atom stereocenters. The molecule has 4 rings (SSSR count). The van der Waals surface area contributed by atoms with Crippen LogP contribution in [0.2, 0.25) is 10.0 Å². The zero-order chi connectivity index (χ0) is 31.1. The van der Waals surface area contributed by atoms with Crippen molar-refractivity contribution in [2.45, 2.75) is 64.0 Å². The van der Waals surface area contributed by atoms with Crippen LogP contribution in [0.5, 0.6) is 11.5 Å². The number of amides is 1. The number of nitrogens with one attached hydrogen (secondary N) is 1. The highest BCUT2D eigenvalue weighted by Gasteiger charge is 2.41. The van der Waals surface area contributed by atoms with Crippen LogP contribution in [0.4, 0.5) is 0 Å². The number of hydrogen-bond acceptors (Lipinski definition) is 6. The van der Waals surface area contributed by atoms with E-state index in [1.807, 2.05) is 40.1 Å². The number of rotatable bonds is 12. The normalized spacial score (nSPS) is 14.5. The van der Waals surface area contributed by atoms with Crippen molar-refractivity contribution in [2.75, 3.05) is 27.2 Å². The number of carboxylic acid groups (broad SMARTS) is 1. The zero-order valence-electron chi connectivity index (χ0n) is 25.1. The molecule has 43 heavy (non-hydrogen) atoms. The van der Waals surface area contributed by atoms with E-state index >= 15 is 0 Å². The molecule has 0 bridgehead atoms. The van der Waals surface area contributed by atoms with Crippen molar-refractivity contribution >= 4 is 35.1 Å². The number of aromatic nitrogens is 1. The van der Waals surface area contributed by atoms with E-state index in [-0.39, 0.29) is 11.8 Å². The molecule has 0 atom stereocenters. The van der Waals surface area contributed by atoms with Gasteiger partial charge in [0.2, 0.25) is 0 Å². The van der Waals surface area contributed by atoms with E-state index in [1.165, 1.54) is 0 Å². The summed E-state index contributed by atoms with van der Waals surface area (Å²) in [5.74, 6) is -0.437. The highest BCUT2D eigenvalue weighted by molar-refractivity contribution is 6.33. The molecule has 0 radical (unpaired) electrons. The van der Waals surface area contributed by atoms with Gasteiger partial charge in [-0.15, -0.1) is 0 Å². The Bertz CT molecular complexity index is 1450. The Balaban J connectivity index is 1.78. The number of carboxylic acids is 1. The summed E-state index contributed by atoms with van der Waals surface area (Å²) < 4.78 is 11.9. The first-order valence-electron chi connectivity index (χ1n) is 14.6. The molecular weight excluding hydrogens is 589 g/mol. The van der Waals surface area contributed by atoms with Gasteiger partial charge in [-0.1, -0.05) is 48.5 Å². The first-order chi connectivity index (χ1) is 20.5. The Labute approximate surface area is 263 Å². The second kappa shape index (κ2) is 14.4. The molecule has 10 heteroatoms. The molecule has 1 heterocycles. The second-order valence-corrected chi connectivity index (χ2v) is 12.3. The van der Waals surface area contributed by atoms with Crippen LogP contribution in [0.3, 0.4) is 0 Å². The van der Waals surface area contributed by atoms with Crippen LogP contribution in [0.1, 0.15) is 62.9 Å². The van der Waals surface area contributed by atoms with Crippen LogP contribution in [-0.2, 0) is 4.79 Å². The van der Waals surface area contributed by atoms with Gasteiger partial charge in [0.1, 0.15) is 22.7 Å². The van der Waals surface area contributed by atoms with Crippen LogP contribution < -0.4 is 14.8 Å². The van der Waals surface area contributed by atoms with Crippen molar-refractivity contribution in [3.63, 3.8) is 0 Å². The van der Waals surface area contributed by atoms with Gasteiger partial charge < -0.3 is 24.8 Å². The molecule has 1 aromatic heterocycles. The molecule has 3 aromatic rings. The Morgan fingerprint density at radius 2 is 1.72 bits per heavy atom. The van der Waals surface area contributed by atoms with Gasteiger partial charge in [0, 0.05) is 28.3 Å². The lowest BCUT2D eigenvalue weighted by Gasteiger charge is -2.33. The third-order valence-electron chi connectivity index (χ3n) is 7.41. The minimum Gasteiger partial charge on any atom is -0.492 e. The van der Waals surface area contributed by atoms with E-state index in [1.54, 1.807) is 36.4 Å². The summed E-state index contributed by atoms with van der Waals surface area (Å²) in [6.45, 7) is 5.23. The van der Waals surface area contributed by atoms with E-state index in [0.717, 1.165) is 32.2 Å². The lowest BCUT2D eigenvalue weighted by Crippen LogP contribution is -2.55. The van der Waals surface area contributed by atoms with Gasteiger partial charge in [0.25, 0.3) is 5.91 Å². The van der Waals surface area contributed by atoms with E-state index in [2.05, 4.69) is 10.2 Å². The summed E-state index contributed by atoms with van der Waals surface area (Å²) in [5, 5.41) is 13.7. The molecule has 8 nitrogen and oxygen atoms in total. The first-order valence-corrected chi connectivity index (χ1v) is 15.4. The minimum atomic E-state index is -1.31. The second-order valence-electron chi connectivity index (χ2n) is 11.5. The third kappa shape index (κ3) is 8.19. The Morgan fingerprint density at radius 1 is 1.00 bits per heavy atom. The molecule has 0 saturated heterocycles. The highest BCUT2D eigenvalue weighted by Crippen LogP contribution is 2.40. The van der Waals surface area contributed by atoms with Crippen molar-refractivity contribution < 1.29 is 24.2 Å². The molecule has 0 aliphatic heterocycles. The fourth-order valence-electron chi connectivity index (χ4n) is 5.23. The zero-order valence-corrected chi connectivity index (χ0v) is 26.6. The van der Waals surface area contributed by atoms with Crippen LogP contribution in [0.15, 0.2) is 48.5 Å². The van der Waals surface area contributed by atoms with Crippen LogP contribution >= 0.6 is 23.2 Å². The maximum Gasteiger partial charge on any atom is 0.329 e. The van der Waals surface area contributed by atoms with Crippen molar-refractivity contribution in [1.29, 1.82) is 0 Å². The molecule has 1 aliphatic carbocycles. The summed E-state index contributed by atoms with van der Waals surface area (Å²) in [4.78, 5) is 32.6. The Kier molecular flexibility index (Phi) is 10.9. The largest absolute Gasteiger partial charge is 0.492 e. The monoisotopic (exact) mass is 627 g/mol. The average molecular weight is 629 g/mol. The van der Waals surface area contributed by atoms with Gasteiger partial charge in [-0.3, -0.25) is 4.79 Å². The fourth-order valence-corrected chi connectivity index (χ4v) is 5.62. The van der Waals surface area contributed by atoms with Crippen molar-refractivity contribution in [1.82, 2.24) is 15.2 Å². The smallest absolute Gasteiger partial charge is 0.329 e. The molecule has 230 valence electrons. The maximum absolute atomic E-state index is 13.5. The Hall–Kier alpha value is -3.33. The summed E-state index contributed by atoms with van der Waals surface area (Å²) in [7, 11) is 4.01. The topological polar surface area (TPSA) is 101 Å². The molecule has 1 fully saturated rings. The molecule has 1 aliphatic rings. The SMILES string of the molecule is CC(C)Oc1ccc(Cl)c(-c2ccc(C(=O)NC3(C(=O)O)CCCCC3)nc2-c2ccc(Cl)c(OCCCN(C)C)c2)c1. The van der Waals surface area contributed by atoms with Crippen LogP contribution in [0, 0.1) is 0 Å². The predicted octanol–water partition coefficient (Wildman–Crippen LogP) is 7.36. The first kappa shape index (κ1) is 32.6. The number of benzene rings is 2. The number of ether oxygens (including phenoxy) is 2. The van der Waals surface area contributed by atoms with E-state index in [0.29, 0.717) is 63.4 Å². The number of halogens is 2. The van der Waals surface area contributed by atoms with E-state index < -0.39 is 17.4 Å². The minimum absolute atomic E-state index is 0.0393. The number of hydrogen-bond donors (Lipinski definition) is 2. The molecule has 0 spiro atoms. The molecule has 2 N–H and O–H groups in total. The number of pyridine rings is 1. The van der Waals surface area contributed by atoms with Gasteiger partial charge in [0.15, 0.2) is 0 Å². The number of carbonyl (C=O) groups is 2. The van der Waals surface area contributed by atoms with Crippen molar-refractivity contribution in [3.05, 3.63) is 64.3 Å². The number of carbonyl (C=O) groups excluding carboxylic acids is 1. The lowest BCUT2D eigenvalue weighted by molar-refractivity contribution is -0.145. The molecule has 1 saturated carbocycles. The highest BCUT2D eigenvalue weighted by atomic mass is 35.5. The summed E-state index contributed by atoms with van der Waals surface area (Å²) in [6.07, 6.45) is 3.95. The van der Waals surface area contributed by atoms with Crippen molar-refractivity contribution in [2.24, 2.45) is 0 Å².